The van der Waals surface area contributed by atoms with Crippen molar-refractivity contribution in [3.63, 3.8) is 0 Å². The van der Waals surface area contributed by atoms with Gasteiger partial charge in [-0.05, 0) is 26.3 Å². The minimum Gasteiger partial charge on any atom is -0.480 e. The molecule has 1 aromatic carbocycles. The van der Waals surface area contributed by atoms with Gasteiger partial charge < -0.3 is 20.3 Å². The van der Waals surface area contributed by atoms with Crippen LogP contribution in [0.4, 0.5) is 4.79 Å². The molecule has 6 heteroatoms. The Morgan fingerprint density at radius 3 is 2.20 bits per heavy atom. The number of hydrogen-bond donors (Lipinski definition) is 3. The highest BCUT2D eigenvalue weighted by molar-refractivity contribution is 5.80. The van der Waals surface area contributed by atoms with Gasteiger partial charge in [-0.25, -0.2) is 9.59 Å². The van der Waals surface area contributed by atoms with Crippen molar-refractivity contribution in [3.8, 4) is 0 Å². The topological polar surface area (TPSA) is 95.9 Å². The number of hydrogen-bond acceptors (Lipinski definition) is 4. The molecule has 110 valence electrons. The quantitative estimate of drug-likeness (QED) is 0.780. The van der Waals surface area contributed by atoms with Crippen LogP contribution in [-0.2, 0) is 9.53 Å². The minimum absolute atomic E-state index is 0.399. The van der Waals surface area contributed by atoms with Crippen LogP contribution in [0, 0.1) is 0 Å². The van der Waals surface area contributed by atoms with Gasteiger partial charge in [-0.2, -0.15) is 0 Å². The third kappa shape index (κ3) is 4.89. The Bertz CT molecular complexity index is 466. The molecule has 0 radical (unpaired) electrons. The molecule has 1 aromatic rings. The molecular formula is C14H19NO5. The van der Waals surface area contributed by atoms with Crippen LogP contribution in [0.2, 0.25) is 0 Å². The first-order chi connectivity index (χ1) is 9.20. The van der Waals surface area contributed by atoms with Gasteiger partial charge in [0.1, 0.15) is 11.7 Å². The van der Waals surface area contributed by atoms with Crippen LogP contribution in [0.25, 0.3) is 0 Å². The van der Waals surface area contributed by atoms with Gasteiger partial charge in [0.15, 0.2) is 6.04 Å². The number of alkyl carbamates (subject to hydrolysis) is 1. The van der Waals surface area contributed by atoms with Crippen molar-refractivity contribution < 1.29 is 24.5 Å². The van der Waals surface area contributed by atoms with Crippen molar-refractivity contribution in [1.82, 2.24) is 5.32 Å². The number of carbonyl (C=O) groups excluding carboxylic acids is 1. The average Bonchev–Trinajstić information content (AvgIpc) is 2.34. The van der Waals surface area contributed by atoms with Crippen molar-refractivity contribution in [3.05, 3.63) is 35.9 Å². The van der Waals surface area contributed by atoms with Gasteiger partial charge in [0.2, 0.25) is 0 Å². The summed E-state index contributed by atoms with van der Waals surface area (Å²) in [5.41, 5.74) is -0.346. The summed E-state index contributed by atoms with van der Waals surface area (Å²) in [5.74, 6) is -1.34. The van der Waals surface area contributed by atoms with Gasteiger partial charge in [0, 0.05) is 0 Å². The van der Waals surface area contributed by atoms with Crippen LogP contribution >= 0.6 is 0 Å². The molecule has 0 aliphatic carbocycles. The highest BCUT2D eigenvalue weighted by Crippen LogP contribution is 2.17. The van der Waals surface area contributed by atoms with Crippen molar-refractivity contribution in [2.75, 3.05) is 0 Å². The molecule has 3 N–H and O–H groups in total. The van der Waals surface area contributed by atoms with Crippen LogP contribution in [0.15, 0.2) is 30.3 Å². The number of benzene rings is 1. The van der Waals surface area contributed by atoms with Crippen LogP contribution in [-0.4, -0.2) is 33.9 Å². The second kappa shape index (κ2) is 6.38. The monoisotopic (exact) mass is 281 g/mol. The fourth-order valence-electron chi connectivity index (χ4n) is 1.55. The van der Waals surface area contributed by atoms with E-state index in [9.17, 15) is 14.7 Å². The lowest BCUT2D eigenvalue weighted by Crippen LogP contribution is -2.46. The summed E-state index contributed by atoms with van der Waals surface area (Å²) in [6.07, 6.45) is -2.25. The number of amides is 1. The third-order valence-corrected chi connectivity index (χ3v) is 2.40. The van der Waals surface area contributed by atoms with E-state index in [1.54, 1.807) is 51.1 Å². The molecule has 0 unspecified atom stereocenters. The lowest BCUT2D eigenvalue weighted by atomic mass is 10.0. The fraction of sp³-hybridized carbons (Fsp3) is 0.429. The van der Waals surface area contributed by atoms with Gasteiger partial charge in [-0.3, -0.25) is 0 Å². The number of nitrogens with one attached hydrogen (secondary N) is 1. The maximum Gasteiger partial charge on any atom is 0.408 e. The minimum atomic E-state index is -1.48. The van der Waals surface area contributed by atoms with Crippen LogP contribution in [0.3, 0.4) is 0 Å². The third-order valence-electron chi connectivity index (χ3n) is 2.40. The van der Waals surface area contributed by atoms with E-state index in [4.69, 9.17) is 9.84 Å². The molecule has 20 heavy (non-hydrogen) atoms. The van der Waals surface area contributed by atoms with Crippen LogP contribution in [0.5, 0.6) is 0 Å². The SMILES string of the molecule is CC(C)(C)OC(=O)N[C@H](C(=O)O)[C@@H](O)c1ccccc1. The Kier molecular flexibility index (Phi) is 5.10. The predicted molar refractivity (Wildman–Crippen MR) is 72.2 cm³/mol. The summed E-state index contributed by atoms with van der Waals surface area (Å²) in [5, 5.41) is 21.3. The first-order valence-corrected chi connectivity index (χ1v) is 6.16. The number of aliphatic hydroxyl groups excluding tert-OH is 1. The number of carbonyl (C=O) groups is 2. The summed E-state index contributed by atoms with van der Waals surface area (Å²) in [4.78, 5) is 22.8. The van der Waals surface area contributed by atoms with Gasteiger partial charge in [-0.1, -0.05) is 30.3 Å². The van der Waals surface area contributed by atoms with Crippen LogP contribution in [0.1, 0.15) is 32.4 Å². The fourth-order valence-corrected chi connectivity index (χ4v) is 1.55. The largest absolute Gasteiger partial charge is 0.480 e. The average molecular weight is 281 g/mol. The van der Waals surface area contributed by atoms with E-state index >= 15 is 0 Å². The number of aliphatic carboxylic acids is 1. The maximum absolute atomic E-state index is 11.6. The zero-order chi connectivity index (χ0) is 15.3. The molecule has 0 saturated heterocycles. The summed E-state index contributed by atoms with van der Waals surface area (Å²) < 4.78 is 4.98. The molecule has 1 amide bonds. The molecular weight excluding hydrogens is 262 g/mol. The van der Waals surface area contributed by atoms with E-state index < -0.39 is 29.8 Å². The Hall–Kier alpha value is -2.08. The Labute approximate surface area is 117 Å². The molecule has 6 nitrogen and oxygen atoms in total. The van der Waals surface area contributed by atoms with E-state index in [1.807, 2.05) is 0 Å². The second-order valence-corrected chi connectivity index (χ2v) is 5.32. The zero-order valence-corrected chi connectivity index (χ0v) is 11.7. The van der Waals surface area contributed by atoms with E-state index in [0.29, 0.717) is 5.56 Å². The number of rotatable bonds is 4. The zero-order valence-electron chi connectivity index (χ0n) is 11.7. The van der Waals surface area contributed by atoms with Crippen molar-refractivity contribution in [2.24, 2.45) is 0 Å². The summed E-state index contributed by atoms with van der Waals surface area (Å²) in [7, 11) is 0. The lowest BCUT2D eigenvalue weighted by molar-refractivity contribution is -0.142. The Morgan fingerprint density at radius 2 is 1.75 bits per heavy atom. The molecule has 0 bridgehead atoms. The molecule has 0 saturated carbocycles. The maximum atomic E-state index is 11.6. The van der Waals surface area contributed by atoms with Crippen molar-refractivity contribution in [1.29, 1.82) is 0 Å². The van der Waals surface area contributed by atoms with Gasteiger partial charge in [-0.15, -0.1) is 0 Å². The molecule has 0 aliphatic rings. The summed E-state index contributed by atoms with van der Waals surface area (Å²) in [6.45, 7) is 4.99. The smallest absolute Gasteiger partial charge is 0.408 e. The molecule has 0 heterocycles. The number of ether oxygens (including phenoxy) is 1. The van der Waals surface area contributed by atoms with Gasteiger partial charge >= 0.3 is 12.1 Å². The van der Waals surface area contributed by atoms with E-state index in [2.05, 4.69) is 5.32 Å². The first kappa shape index (κ1) is 16.0. The lowest BCUT2D eigenvalue weighted by Gasteiger charge is -2.24. The van der Waals surface area contributed by atoms with E-state index in [0.717, 1.165) is 0 Å². The van der Waals surface area contributed by atoms with Gasteiger partial charge in [0.05, 0.1) is 0 Å². The van der Waals surface area contributed by atoms with E-state index in [-0.39, 0.29) is 0 Å². The number of carboxylic acid groups (broad SMARTS) is 1. The van der Waals surface area contributed by atoms with Gasteiger partial charge in [0.25, 0.3) is 0 Å². The molecule has 0 aromatic heterocycles. The second-order valence-electron chi connectivity index (χ2n) is 5.32. The normalized spacial score (nSPS) is 14.2. The predicted octanol–water partition coefficient (Wildman–Crippen LogP) is 1.70. The summed E-state index contributed by atoms with van der Waals surface area (Å²) in [6, 6.07) is 6.77. The van der Waals surface area contributed by atoms with Crippen molar-refractivity contribution >= 4 is 12.1 Å². The molecule has 1 rings (SSSR count). The highest BCUT2D eigenvalue weighted by Gasteiger charge is 2.31. The molecule has 0 spiro atoms. The Balaban J connectivity index is 2.80. The molecule has 0 aliphatic heterocycles. The van der Waals surface area contributed by atoms with E-state index in [1.165, 1.54) is 0 Å². The summed E-state index contributed by atoms with van der Waals surface area (Å²) >= 11 is 0. The Morgan fingerprint density at radius 1 is 1.20 bits per heavy atom. The molecule has 0 fully saturated rings. The standard InChI is InChI=1S/C14H19NO5/c1-14(2,3)20-13(19)15-10(12(17)18)11(16)9-7-5-4-6-8-9/h4-8,10-11,16H,1-3H3,(H,15,19)(H,17,18)/t10-,11-/m0/s1. The molecule has 2 atom stereocenters. The number of aliphatic hydroxyl groups is 1. The first-order valence-electron chi connectivity index (χ1n) is 6.16. The van der Waals surface area contributed by atoms with Crippen LogP contribution < -0.4 is 5.32 Å². The highest BCUT2D eigenvalue weighted by atomic mass is 16.6. The van der Waals surface area contributed by atoms with Crippen molar-refractivity contribution in [2.45, 2.75) is 38.5 Å². The number of carboxylic acids is 1.